The van der Waals surface area contributed by atoms with E-state index in [2.05, 4.69) is 5.32 Å². The van der Waals surface area contributed by atoms with E-state index in [1.54, 1.807) is 18.2 Å². The molecule has 0 radical (unpaired) electrons. The zero-order valence-electron chi connectivity index (χ0n) is 16.5. The van der Waals surface area contributed by atoms with E-state index in [1.807, 2.05) is 59.3 Å². The highest BCUT2D eigenvalue weighted by Crippen LogP contribution is 2.26. The molecule has 31 heavy (non-hydrogen) atoms. The molecule has 0 aliphatic carbocycles. The lowest BCUT2D eigenvalue weighted by molar-refractivity contribution is 0.0954. The molecule has 4 aromatic rings. The lowest BCUT2D eigenvalue weighted by Gasteiger charge is -2.09. The summed E-state index contributed by atoms with van der Waals surface area (Å²) in [6.07, 6.45) is 2.25. The number of amides is 1. The first-order valence-electron chi connectivity index (χ1n) is 9.70. The highest BCUT2D eigenvalue weighted by molar-refractivity contribution is 6.35. The van der Waals surface area contributed by atoms with Crippen LogP contribution in [0, 0.1) is 11.3 Å². The van der Waals surface area contributed by atoms with Crippen molar-refractivity contribution in [3.05, 3.63) is 88.0 Å². The van der Waals surface area contributed by atoms with Crippen molar-refractivity contribution in [3.8, 4) is 17.3 Å². The maximum atomic E-state index is 12.3. The standard InChI is InChI=1S/C24H18Cl2N4O/c25-20-7-5-19(21(26)14-20)15-30-12-9-16-6-8-22(29-23(16)30)17-3-1-4-18(13-17)24(31)28-11-2-10-27/h1,3-9,12-14H,2,11,15H2,(H,28,31). The highest BCUT2D eigenvalue weighted by Gasteiger charge is 2.11. The molecule has 1 amide bonds. The largest absolute Gasteiger partial charge is 0.351 e. The van der Waals surface area contributed by atoms with E-state index in [9.17, 15) is 4.79 Å². The number of hydrogen-bond acceptors (Lipinski definition) is 3. The molecule has 2 aromatic heterocycles. The maximum Gasteiger partial charge on any atom is 0.251 e. The number of aromatic nitrogens is 2. The third kappa shape index (κ3) is 4.72. The van der Waals surface area contributed by atoms with Crippen molar-refractivity contribution in [1.82, 2.24) is 14.9 Å². The van der Waals surface area contributed by atoms with Gasteiger partial charge >= 0.3 is 0 Å². The van der Waals surface area contributed by atoms with Gasteiger partial charge in [-0.2, -0.15) is 5.26 Å². The Morgan fingerprint density at radius 2 is 1.97 bits per heavy atom. The molecule has 0 atom stereocenters. The summed E-state index contributed by atoms with van der Waals surface area (Å²) in [5.74, 6) is -0.209. The normalized spacial score (nSPS) is 10.7. The van der Waals surface area contributed by atoms with Crippen LogP contribution in [0.5, 0.6) is 0 Å². The van der Waals surface area contributed by atoms with E-state index in [1.165, 1.54) is 0 Å². The number of pyridine rings is 1. The number of rotatable bonds is 6. The average molecular weight is 449 g/mol. The van der Waals surface area contributed by atoms with Crippen molar-refractivity contribution in [2.45, 2.75) is 13.0 Å². The summed E-state index contributed by atoms with van der Waals surface area (Å²) >= 11 is 12.4. The number of nitrogens with one attached hydrogen (secondary N) is 1. The number of nitrogens with zero attached hydrogens (tertiary/aromatic N) is 3. The Morgan fingerprint density at radius 3 is 2.77 bits per heavy atom. The van der Waals surface area contributed by atoms with Crippen LogP contribution in [0.2, 0.25) is 10.0 Å². The summed E-state index contributed by atoms with van der Waals surface area (Å²) in [6.45, 7) is 0.891. The van der Waals surface area contributed by atoms with E-state index in [0.717, 1.165) is 27.9 Å². The highest BCUT2D eigenvalue weighted by atomic mass is 35.5. The number of nitriles is 1. The molecular formula is C24H18Cl2N4O. The van der Waals surface area contributed by atoms with Crippen LogP contribution in [0.25, 0.3) is 22.3 Å². The third-order valence-electron chi connectivity index (χ3n) is 4.91. The Balaban J connectivity index is 1.64. The second-order valence-corrected chi connectivity index (χ2v) is 7.88. The molecule has 0 aliphatic heterocycles. The predicted octanol–water partition coefficient (Wildman–Crippen LogP) is 5.70. The Bertz CT molecular complexity index is 1310. The fraction of sp³-hybridized carbons (Fsp3) is 0.125. The molecule has 0 saturated heterocycles. The zero-order valence-corrected chi connectivity index (χ0v) is 18.0. The molecule has 0 aliphatic rings. The number of carbonyl (C=O) groups excluding carboxylic acids is 1. The van der Waals surface area contributed by atoms with Gasteiger partial charge in [0.25, 0.3) is 5.91 Å². The lowest BCUT2D eigenvalue weighted by atomic mass is 10.1. The van der Waals surface area contributed by atoms with Gasteiger partial charge in [-0.25, -0.2) is 4.98 Å². The van der Waals surface area contributed by atoms with Crippen LogP contribution in [0.1, 0.15) is 22.3 Å². The van der Waals surface area contributed by atoms with Crippen molar-refractivity contribution in [1.29, 1.82) is 5.26 Å². The quantitative estimate of drug-likeness (QED) is 0.384. The molecule has 154 valence electrons. The third-order valence-corrected chi connectivity index (χ3v) is 5.50. The molecule has 2 heterocycles. The molecule has 2 aromatic carbocycles. The van der Waals surface area contributed by atoms with Gasteiger partial charge in [-0.1, -0.05) is 41.4 Å². The van der Waals surface area contributed by atoms with E-state index in [0.29, 0.717) is 28.7 Å². The lowest BCUT2D eigenvalue weighted by Crippen LogP contribution is -2.24. The predicted molar refractivity (Wildman–Crippen MR) is 123 cm³/mol. The maximum absolute atomic E-state index is 12.3. The summed E-state index contributed by atoms with van der Waals surface area (Å²) in [5.41, 5.74) is 3.91. The minimum absolute atomic E-state index is 0.209. The van der Waals surface area contributed by atoms with Gasteiger partial charge in [0.2, 0.25) is 0 Å². The Hall–Kier alpha value is -3.33. The average Bonchev–Trinajstić information content (AvgIpc) is 3.18. The molecule has 7 heteroatoms. The molecule has 0 fully saturated rings. The van der Waals surface area contributed by atoms with Crippen molar-refractivity contribution in [3.63, 3.8) is 0 Å². The van der Waals surface area contributed by atoms with E-state index in [-0.39, 0.29) is 12.3 Å². The van der Waals surface area contributed by atoms with Crippen LogP contribution >= 0.6 is 23.2 Å². The van der Waals surface area contributed by atoms with Gasteiger partial charge in [0, 0.05) is 39.3 Å². The topological polar surface area (TPSA) is 70.7 Å². The van der Waals surface area contributed by atoms with Gasteiger partial charge in [0.1, 0.15) is 5.65 Å². The summed E-state index contributed by atoms with van der Waals surface area (Å²) in [5, 5.41) is 13.6. The zero-order chi connectivity index (χ0) is 21.8. The fourth-order valence-electron chi connectivity index (χ4n) is 3.34. The van der Waals surface area contributed by atoms with Crippen molar-refractivity contribution in [2.75, 3.05) is 6.54 Å². The fourth-order valence-corrected chi connectivity index (χ4v) is 3.80. The van der Waals surface area contributed by atoms with Crippen molar-refractivity contribution >= 4 is 40.1 Å². The van der Waals surface area contributed by atoms with Crippen molar-refractivity contribution < 1.29 is 4.79 Å². The Morgan fingerprint density at radius 1 is 1.10 bits per heavy atom. The van der Waals surface area contributed by atoms with Crippen LogP contribution in [0.15, 0.2) is 66.9 Å². The van der Waals surface area contributed by atoms with Gasteiger partial charge in [0.15, 0.2) is 0 Å². The van der Waals surface area contributed by atoms with Gasteiger partial charge in [-0.05, 0) is 48.0 Å². The molecule has 0 spiro atoms. The number of benzene rings is 2. The number of hydrogen-bond donors (Lipinski definition) is 1. The minimum atomic E-state index is -0.209. The SMILES string of the molecule is N#CCCNC(=O)c1cccc(-c2ccc3ccn(Cc4ccc(Cl)cc4Cl)c3n2)c1. The van der Waals surface area contributed by atoms with Crippen LogP contribution in [-0.4, -0.2) is 22.0 Å². The van der Waals surface area contributed by atoms with Crippen LogP contribution in [0.3, 0.4) is 0 Å². The van der Waals surface area contributed by atoms with Gasteiger partial charge < -0.3 is 9.88 Å². The molecule has 0 bridgehead atoms. The first-order valence-corrected chi connectivity index (χ1v) is 10.5. The van der Waals surface area contributed by atoms with Gasteiger partial charge in [0.05, 0.1) is 24.7 Å². The van der Waals surface area contributed by atoms with E-state index >= 15 is 0 Å². The molecule has 4 rings (SSSR count). The molecule has 5 nitrogen and oxygen atoms in total. The summed E-state index contributed by atoms with van der Waals surface area (Å²) in [4.78, 5) is 17.2. The second kappa shape index (κ2) is 9.22. The molecule has 0 unspecified atom stereocenters. The minimum Gasteiger partial charge on any atom is -0.351 e. The Kier molecular flexibility index (Phi) is 6.22. The van der Waals surface area contributed by atoms with Crippen molar-refractivity contribution in [2.24, 2.45) is 0 Å². The second-order valence-electron chi connectivity index (χ2n) is 7.03. The number of fused-ring (bicyclic) bond motifs is 1. The summed E-state index contributed by atoms with van der Waals surface area (Å²) in [6, 6.07) is 20.7. The molecule has 0 saturated carbocycles. The summed E-state index contributed by atoms with van der Waals surface area (Å²) < 4.78 is 2.03. The number of halogens is 2. The van der Waals surface area contributed by atoms with Gasteiger partial charge in [-0.15, -0.1) is 0 Å². The van der Waals surface area contributed by atoms with Crippen LogP contribution in [-0.2, 0) is 6.54 Å². The summed E-state index contributed by atoms with van der Waals surface area (Å²) in [7, 11) is 0. The first-order chi connectivity index (χ1) is 15.0. The Labute approximate surface area is 189 Å². The number of carbonyl (C=O) groups is 1. The van der Waals surface area contributed by atoms with Gasteiger partial charge in [-0.3, -0.25) is 4.79 Å². The monoisotopic (exact) mass is 448 g/mol. The molecule has 1 N–H and O–H groups in total. The molecular weight excluding hydrogens is 431 g/mol. The van der Waals surface area contributed by atoms with Crippen LogP contribution in [0.4, 0.5) is 0 Å². The van der Waals surface area contributed by atoms with E-state index in [4.69, 9.17) is 33.4 Å². The van der Waals surface area contributed by atoms with E-state index < -0.39 is 0 Å². The smallest absolute Gasteiger partial charge is 0.251 e. The van der Waals surface area contributed by atoms with Crippen LogP contribution < -0.4 is 5.32 Å². The first kappa shape index (κ1) is 20.9.